The Morgan fingerprint density at radius 3 is 2.21 bits per heavy atom. The van der Waals surface area contributed by atoms with Crippen LogP contribution in [0.3, 0.4) is 0 Å². The quantitative estimate of drug-likeness (QED) is 0.249. The van der Waals surface area contributed by atoms with Gasteiger partial charge in [-0.25, -0.2) is 9.78 Å². The lowest BCUT2D eigenvalue weighted by molar-refractivity contribution is -0.143. The standard InChI is InChI=1S/C28H25F3N2O5/c1-18-14-24(12-13-25(18)38-17-26(34)36-3)37-16-21-15-33(22-8-6-20(7-9-22)28(29,30)31)27(32-21)19-4-10-23(35-2)11-5-19/h4-15H,16-17H2,1-3H3. The van der Waals surface area contributed by atoms with Gasteiger partial charge in [0, 0.05) is 17.4 Å². The second-order valence-electron chi connectivity index (χ2n) is 8.28. The number of carbonyl (C=O) groups excluding carboxylic acids is 1. The Hall–Kier alpha value is -4.47. The van der Waals surface area contributed by atoms with E-state index in [4.69, 9.17) is 19.2 Å². The van der Waals surface area contributed by atoms with E-state index >= 15 is 0 Å². The molecule has 4 rings (SSSR count). The molecule has 7 nitrogen and oxygen atoms in total. The zero-order valence-corrected chi connectivity index (χ0v) is 20.9. The molecule has 0 saturated heterocycles. The Labute approximate surface area is 217 Å². The lowest BCUT2D eigenvalue weighted by atomic mass is 10.1. The molecule has 0 amide bonds. The van der Waals surface area contributed by atoms with Crippen molar-refractivity contribution < 1.29 is 36.9 Å². The lowest BCUT2D eigenvalue weighted by Crippen LogP contribution is -2.13. The summed E-state index contributed by atoms with van der Waals surface area (Å²) in [6.45, 7) is 1.73. The summed E-state index contributed by atoms with van der Waals surface area (Å²) in [4.78, 5) is 16.0. The molecule has 0 unspecified atom stereocenters. The predicted molar refractivity (Wildman–Crippen MR) is 134 cm³/mol. The SMILES string of the molecule is COC(=O)COc1ccc(OCc2cn(-c3ccc(C(F)(F)F)cc3)c(-c3ccc(OC)cc3)n2)cc1C. The molecular weight excluding hydrogens is 501 g/mol. The van der Waals surface area contributed by atoms with Gasteiger partial charge in [-0.15, -0.1) is 0 Å². The molecule has 3 aromatic carbocycles. The van der Waals surface area contributed by atoms with E-state index in [2.05, 4.69) is 4.74 Å². The summed E-state index contributed by atoms with van der Waals surface area (Å²) >= 11 is 0. The minimum absolute atomic E-state index is 0.110. The third-order valence-electron chi connectivity index (χ3n) is 5.68. The first kappa shape index (κ1) is 26.6. The summed E-state index contributed by atoms with van der Waals surface area (Å²) in [7, 11) is 2.85. The van der Waals surface area contributed by atoms with Crippen molar-refractivity contribution in [3.63, 3.8) is 0 Å². The number of aryl methyl sites for hydroxylation is 1. The van der Waals surface area contributed by atoms with Crippen molar-refractivity contribution in [2.24, 2.45) is 0 Å². The van der Waals surface area contributed by atoms with Crippen molar-refractivity contribution >= 4 is 5.97 Å². The number of aromatic nitrogens is 2. The van der Waals surface area contributed by atoms with E-state index in [1.54, 1.807) is 48.2 Å². The summed E-state index contributed by atoms with van der Waals surface area (Å²) < 4.78 is 62.1. The molecule has 1 heterocycles. The highest BCUT2D eigenvalue weighted by Crippen LogP contribution is 2.31. The van der Waals surface area contributed by atoms with Crippen LogP contribution in [0.2, 0.25) is 0 Å². The van der Waals surface area contributed by atoms with Crippen molar-refractivity contribution in [3.8, 4) is 34.3 Å². The van der Waals surface area contributed by atoms with E-state index in [-0.39, 0.29) is 13.2 Å². The number of methoxy groups -OCH3 is 2. The molecule has 0 aliphatic rings. The summed E-state index contributed by atoms with van der Waals surface area (Å²) in [5.41, 5.74) is 1.87. The van der Waals surface area contributed by atoms with E-state index in [1.807, 2.05) is 19.1 Å². The van der Waals surface area contributed by atoms with Crippen molar-refractivity contribution in [2.45, 2.75) is 19.7 Å². The summed E-state index contributed by atoms with van der Waals surface area (Å²) in [6, 6.07) is 17.3. The minimum atomic E-state index is -4.43. The molecule has 0 fully saturated rings. The third kappa shape index (κ3) is 6.26. The fourth-order valence-electron chi connectivity index (χ4n) is 3.68. The number of alkyl halides is 3. The van der Waals surface area contributed by atoms with Gasteiger partial charge >= 0.3 is 12.1 Å². The van der Waals surface area contributed by atoms with Crippen LogP contribution in [0.15, 0.2) is 72.9 Å². The van der Waals surface area contributed by atoms with Crippen LogP contribution in [0, 0.1) is 6.92 Å². The fourth-order valence-corrected chi connectivity index (χ4v) is 3.68. The number of esters is 1. The Balaban J connectivity index is 1.58. The van der Waals surface area contributed by atoms with E-state index in [0.717, 1.165) is 23.3 Å². The first-order valence-electron chi connectivity index (χ1n) is 11.5. The van der Waals surface area contributed by atoms with Gasteiger partial charge in [0.05, 0.1) is 25.5 Å². The minimum Gasteiger partial charge on any atom is -0.497 e. The second-order valence-corrected chi connectivity index (χ2v) is 8.28. The number of nitrogens with zero attached hydrogens (tertiary/aromatic N) is 2. The molecule has 10 heteroatoms. The number of ether oxygens (including phenoxy) is 4. The molecule has 0 spiro atoms. The van der Waals surface area contributed by atoms with E-state index < -0.39 is 17.7 Å². The second kappa shape index (κ2) is 11.3. The molecule has 4 aromatic rings. The maximum absolute atomic E-state index is 13.1. The normalized spacial score (nSPS) is 11.2. The number of hydrogen-bond donors (Lipinski definition) is 0. The number of rotatable bonds is 9. The first-order chi connectivity index (χ1) is 18.2. The van der Waals surface area contributed by atoms with Crippen LogP contribution in [-0.4, -0.2) is 36.3 Å². The predicted octanol–water partition coefficient (Wildman–Crippen LogP) is 6.01. The largest absolute Gasteiger partial charge is 0.497 e. The highest BCUT2D eigenvalue weighted by atomic mass is 19.4. The van der Waals surface area contributed by atoms with Gasteiger partial charge in [0.15, 0.2) is 6.61 Å². The van der Waals surface area contributed by atoms with Crippen LogP contribution in [0.4, 0.5) is 13.2 Å². The van der Waals surface area contributed by atoms with Gasteiger partial charge in [0.2, 0.25) is 0 Å². The van der Waals surface area contributed by atoms with Crippen LogP contribution < -0.4 is 14.2 Å². The molecular formula is C28H25F3N2O5. The average Bonchev–Trinajstić information content (AvgIpc) is 3.35. The van der Waals surface area contributed by atoms with Gasteiger partial charge in [0.25, 0.3) is 0 Å². The van der Waals surface area contributed by atoms with Crippen LogP contribution in [0.1, 0.15) is 16.8 Å². The Morgan fingerprint density at radius 1 is 0.921 bits per heavy atom. The monoisotopic (exact) mass is 526 g/mol. The maximum Gasteiger partial charge on any atom is 0.416 e. The molecule has 0 aliphatic heterocycles. The van der Waals surface area contributed by atoms with Gasteiger partial charge in [-0.1, -0.05) is 0 Å². The number of imidazole rings is 1. The molecule has 198 valence electrons. The van der Waals surface area contributed by atoms with Crippen molar-refractivity contribution in [2.75, 3.05) is 20.8 Å². The van der Waals surface area contributed by atoms with Crippen molar-refractivity contribution in [3.05, 3.63) is 89.7 Å². The lowest BCUT2D eigenvalue weighted by Gasteiger charge is -2.11. The van der Waals surface area contributed by atoms with Gasteiger partial charge < -0.3 is 18.9 Å². The fraction of sp³-hybridized carbons (Fsp3) is 0.214. The van der Waals surface area contributed by atoms with Crippen LogP contribution >= 0.6 is 0 Å². The molecule has 0 N–H and O–H groups in total. The van der Waals surface area contributed by atoms with Gasteiger partial charge in [0.1, 0.15) is 29.7 Å². The highest BCUT2D eigenvalue weighted by Gasteiger charge is 2.30. The molecule has 0 saturated carbocycles. The molecule has 0 aliphatic carbocycles. The van der Waals surface area contributed by atoms with Crippen molar-refractivity contribution in [1.82, 2.24) is 9.55 Å². The first-order valence-corrected chi connectivity index (χ1v) is 11.5. The van der Waals surface area contributed by atoms with Crippen molar-refractivity contribution in [1.29, 1.82) is 0 Å². The van der Waals surface area contributed by atoms with E-state index in [1.165, 1.54) is 19.2 Å². The number of benzene rings is 3. The average molecular weight is 527 g/mol. The highest BCUT2D eigenvalue weighted by molar-refractivity contribution is 5.71. The zero-order valence-electron chi connectivity index (χ0n) is 20.9. The summed E-state index contributed by atoms with van der Waals surface area (Å²) in [6.07, 6.45) is -2.70. The molecule has 0 bridgehead atoms. The summed E-state index contributed by atoms with van der Waals surface area (Å²) in [5.74, 6) is 1.80. The number of hydrogen-bond acceptors (Lipinski definition) is 6. The topological polar surface area (TPSA) is 71.8 Å². The molecule has 1 aromatic heterocycles. The zero-order chi connectivity index (χ0) is 27.3. The van der Waals surface area contributed by atoms with Crippen LogP contribution in [0.5, 0.6) is 17.2 Å². The molecule has 0 radical (unpaired) electrons. The van der Waals surface area contributed by atoms with E-state index in [9.17, 15) is 18.0 Å². The number of carbonyl (C=O) groups is 1. The Kier molecular flexibility index (Phi) is 7.90. The number of halogens is 3. The van der Waals surface area contributed by atoms with Gasteiger partial charge in [-0.2, -0.15) is 13.2 Å². The third-order valence-corrected chi connectivity index (χ3v) is 5.68. The molecule has 0 atom stereocenters. The van der Waals surface area contributed by atoms with Gasteiger partial charge in [-0.05, 0) is 79.2 Å². The van der Waals surface area contributed by atoms with Crippen LogP contribution in [-0.2, 0) is 22.3 Å². The van der Waals surface area contributed by atoms with E-state index in [0.29, 0.717) is 34.5 Å². The van der Waals surface area contributed by atoms with Crippen LogP contribution in [0.25, 0.3) is 17.1 Å². The Bertz CT molecular complexity index is 1400. The smallest absolute Gasteiger partial charge is 0.416 e. The van der Waals surface area contributed by atoms with Gasteiger partial charge in [-0.3, -0.25) is 4.57 Å². The maximum atomic E-state index is 13.1. The summed E-state index contributed by atoms with van der Waals surface area (Å²) in [5, 5.41) is 0. The Morgan fingerprint density at radius 2 is 1.61 bits per heavy atom. The molecule has 38 heavy (non-hydrogen) atoms.